The molecule has 1 aromatic carbocycles. The number of hydrogen-bond acceptors (Lipinski definition) is 3. The summed E-state index contributed by atoms with van der Waals surface area (Å²) in [6.45, 7) is 0.371. The maximum atomic E-state index is 12.2. The molecule has 2 amide bonds. The first kappa shape index (κ1) is 13.9. The summed E-state index contributed by atoms with van der Waals surface area (Å²) < 4.78 is 0. The van der Waals surface area contributed by atoms with E-state index in [0.29, 0.717) is 17.9 Å². The Labute approximate surface area is 116 Å². The van der Waals surface area contributed by atoms with Crippen LogP contribution in [0, 0.1) is 0 Å². The van der Waals surface area contributed by atoms with Gasteiger partial charge in [-0.1, -0.05) is 0 Å². The highest BCUT2D eigenvalue weighted by molar-refractivity contribution is 5.98. The Morgan fingerprint density at radius 2 is 2.10 bits per heavy atom. The molecule has 20 heavy (non-hydrogen) atoms. The van der Waals surface area contributed by atoms with Crippen LogP contribution in [0.25, 0.3) is 10.9 Å². The molecule has 0 saturated carbocycles. The molecule has 0 bridgehead atoms. The van der Waals surface area contributed by atoms with Crippen LogP contribution in [0.3, 0.4) is 0 Å². The highest BCUT2D eigenvalue weighted by atomic mass is 16.2. The van der Waals surface area contributed by atoms with E-state index >= 15 is 0 Å². The zero-order valence-electron chi connectivity index (χ0n) is 11.6. The van der Waals surface area contributed by atoms with Crippen molar-refractivity contribution in [1.82, 2.24) is 15.2 Å². The van der Waals surface area contributed by atoms with Gasteiger partial charge < -0.3 is 20.9 Å². The summed E-state index contributed by atoms with van der Waals surface area (Å²) in [7, 11) is 3.25. The number of nitrogen functional groups attached to an aromatic ring is 1. The molecule has 1 heterocycles. The maximum Gasteiger partial charge on any atom is 0.270 e. The molecule has 0 aliphatic carbocycles. The summed E-state index contributed by atoms with van der Waals surface area (Å²) in [5.41, 5.74) is 7.72. The molecule has 0 radical (unpaired) electrons. The van der Waals surface area contributed by atoms with E-state index in [0.717, 1.165) is 10.9 Å². The molecule has 0 aliphatic heterocycles. The monoisotopic (exact) mass is 274 g/mol. The van der Waals surface area contributed by atoms with Crippen LogP contribution >= 0.6 is 0 Å². The molecule has 2 aromatic rings. The van der Waals surface area contributed by atoms with E-state index < -0.39 is 0 Å². The average Bonchev–Trinajstić information content (AvgIpc) is 2.86. The molecule has 6 nitrogen and oxygen atoms in total. The van der Waals surface area contributed by atoms with Gasteiger partial charge >= 0.3 is 0 Å². The standard InChI is InChI=1S/C14H18N4O2/c1-16-13(19)5-6-18(2)14(20)12-8-9-7-10(15)3-4-11(9)17-12/h3-4,7-8,17H,5-6,15H2,1-2H3,(H,16,19). The van der Waals surface area contributed by atoms with Gasteiger partial charge in [0.1, 0.15) is 5.69 Å². The van der Waals surface area contributed by atoms with Gasteiger partial charge in [-0.15, -0.1) is 0 Å². The Morgan fingerprint density at radius 1 is 1.35 bits per heavy atom. The Bertz CT molecular complexity index is 648. The number of hydrogen-bond donors (Lipinski definition) is 3. The highest BCUT2D eigenvalue weighted by Crippen LogP contribution is 2.19. The first-order chi connectivity index (χ1) is 9.51. The second-order valence-corrected chi connectivity index (χ2v) is 4.68. The lowest BCUT2D eigenvalue weighted by atomic mass is 10.2. The zero-order chi connectivity index (χ0) is 14.7. The Morgan fingerprint density at radius 3 is 2.80 bits per heavy atom. The summed E-state index contributed by atoms with van der Waals surface area (Å²) >= 11 is 0. The molecule has 0 unspecified atom stereocenters. The number of nitrogens with one attached hydrogen (secondary N) is 2. The van der Waals surface area contributed by atoms with Gasteiger partial charge in [0.15, 0.2) is 0 Å². The summed E-state index contributed by atoms with van der Waals surface area (Å²) in [5.74, 6) is -0.238. The smallest absolute Gasteiger partial charge is 0.270 e. The normalized spacial score (nSPS) is 10.5. The third kappa shape index (κ3) is 2.90. The number of nitrogens with two attached hydrogens (primary N) is 1. The minimum atomic E-state index is -0.149. The third-order valence-corrected chi connectivity index (χ3v) is 3.18. The van der Waals surface area contributed by atoms with Crippen molar-refractivity contribution in [3.63, 3.8) is 0 Å². The van der Waals surface area contributed by atoms with E-state index in [1.807, 2.05) is 12.1 Å². The summed E-state index contributed by atoms with van der Waals surface area (Å²) in [6, 6.07) is 7.20. The fourth-order valence-corrected chi connectivity index (χ4v) is 1.97. The van der Waals surface area contributed by atoms with Crippen LogP contribution in [-0.4, -0.2) is 42.3 Å². The van der Waals surface area contributed by atoms with E-state index in [2.05, 4.69) is 10.3 Å². The van der Waals surface area contributed by atoms with Crippen molar-refractivity contribution in [3.05, 3.63) is 30.0 Å². The quantitative estimate of drug-likeness (QED) is 0.725. The lowest BCUT2D eigenvalue weighted by Gasteiger charge is -2.15. The van der Waals surface area contributed by atoms with Crippen molar-refractivity contribution in [2.24, 2.45) is 0 Å². The van der Waals surface area contributed by atoms with Crippen LogP contribution in [0.2, 0.25) is 0 Å². The number of aromatic nitrogens is 1. The van der Waals surface area contributed by atoms with Crippen LogP contribution in [0.1, 0.15) is 16.9 Å². The van der Waals surface area contributed by atoms with Gasteiger partial charge in [-0.05, 0) is 24.3 Å². The van der Waals surface area contributed by atoms with Gasteiger partial charge in [0.25, 0.3) is 5.91 Å². The van der Waals surface area contributed by atoms with Crippen molar-refractivity contribution in [2.45, 2.75) is 6.42 Å². The lowest BCUT2D eigenvalue weighted by molar-refractivity contribution is -0.120. The number of H-pyrrole nitrogens is 1. The van der Waals surface area contributed by atoms with Crippen LogP contribution in [0.5, 0.6) is 0 Å². The highest BCUT2D eigenvalue weighted by Gasteiger charge is 2.15. The molecule has 0 saturated heterocycles. The molecule has 0 aliphatic rings. The van der Waals surface area contributed by atoms with E-state index in [9.17, 15) is 9.59 Å². The molecular weight excluding hydrogens is 256 g/mol. The number of amides is 2. The summed E-state index contributed by atoms with van der Waals surface area (Å²) in [5, 5.41) is 3.42. The number of aromatic amines is 1. The number of fused-ring (bicyclic) bond motifs is 1. The zero-order valence-corrected chi connectivity index (χ0v) is 11.6. The number of nitrogens with zero attached hydrogens (tertiary/aromatic N) is 1. The molecule has 0 atom stereocenters. The molecule has 0 spiro atoms. The van der Waals surface area contributed by atoms with Crippen molar-refractivity contribution in [2.75, 3.05) is 26.4 Å². The Kier molecular flexibility index (Phi) is 3.93. The van der Waals surface area contributed by atoms with Crippen molar-refractivity contribution >= 4 is 28.4 Å². The van der Waals surface area contributed by atoms with Gasteiger partial charge in [-0.25, -0.2) is 0 Å². The van der Waals surface area contributed by atoms with E-state index in [1.54, 1.807) is 26.2 Å². The van der Waals surface area contributed by atoms with Gasteiger partial charge in [0, 0.05) is 43.7 Å². The molecule has 2 rings (SSSR count). The topological polar surface area (TPSA) is 91.2 Å². The van der Waals surface area contributed by atoms with E-state index in [-0.39, 0.29) is 18.2 Å². The molecule has 4 N–H and O–H groups in total. The summed E-state index contributed by atoms with van der Waals surface area (Å²) in [4.78, 5) is 28.0. The minimum Gasteiger partial charge on any atom is -0.399 e. The number of benzene rings is 1. The van der Waals surface area contributed by atoms with Gasteiger partial charge in [-0.3, -0.25) is 9.59 Å². The van der Waals surface area contributed by atoms with Gasteiger partial charge in [0.05, 0.1) is 0 Å². The second-order valence-electron chi connectivity index (χ2n) is 4.68. The van der Waals surface area contributed by atoms with E-state index in [1.165, 1.54) is 4.90 Å². The predicted octanol–water partition coefficient (Wildman–Crippen LogP) is 0.958. The first-order valence-electron chi connectivity index (χ1n) is 6.35. The molecule has 1 aromatic heterocycles. The predicted molar refractivity (Wildman–Crippen MR) is 78.4 cm³/mol. The SMILES string of the molecule is CNC(=O)CCN(C)C(=O)c1cc2cc(N)ccc2[nH]1. The van der Waals surface area contributed by atoms with E-state index in [4.69, 9.17) is 5.73 Å². The Hall–Kier alpha value is -2.50. The molecule has 0 fully saturated rings. The largest absolute Gasteiger partial charge is 0.399 e. The fraction of sp³-hybridized carbons (Fsp3) is 0.286. The van der Waals surface area contributed by atoms with Gasteiger partial charge in [0.2, 0.25) is 5.91 Å². The first-order valence-corrected chi connectivity index (χ1v) is 6.35. The fourth-order valence-electron chi connectivity index (χ4n) is 1.97. The number of rotatable bonds is 4. The van der Waals surface area contributed by atoms with Gasteiger partial charge in [-0.2, -0.15) is 0 Å². The Balaban J connectivity index is 2.12. The molecular formula is C14H18N4O2. The number of carbonyl (C=O) groups excluding carboxylic acids is 2. The second kappa shape index (κ2) is 5.64. The molecule has 106 valence electrons. The van der Waals surface area contributed by atoms with Crippen molar-refractivity contribution in [3.8, 4) is 0 Å². The average molecular weight is 274 g/mol. The number of anilines is 1. The number of carbonyl (C=O) groups is 2. The summed E-state index contributed by atoms with van der Waals surface area (Å²) in [6.07, 6.45) is 0.284. The van der Waals surface area contributed by atoms with Crippen LogP contribution < -0.4 is 11.1 Å². The van der Waals surface area contributed by atoms with Crippen LogP contribution in [0.15, 0.2) is 24.3 Å². The van der Waals surface area contributed by atoms with Crippen LogP contribution in [-0.2, 0) is 4.79 Å². The molecule has 6 heteroatoms. The van der Waals surface area contributed by atoms with Crippen molar-refractivity contribution in [1.29, 1.82) is 0 Å². The lowest BCUT2D eigenvalue weighted by Crippen LogP contribution is -2.31. The minimum absolute atomic E-state index is 0.0888. The maximum absolute atomic E-state index is 12.2. The van der Waals surface area contributed by atoms with Crippen LogP contribution in [0.4, 0.5) is 5.69 Å². The van der Waals surface area contributed by atoms with Crippen molar-refractivity contribution < 1.29 is 9.59 Å². The third-order valence-electron chi connectivity index (χ3n) is 3.18.